The average molecular weight is 408 g/mol. The van der Waals surface area contributed by atoms with Gasteiger partial charge in [0.1, 0.15) is 11.6 Å². The topological polar surface area (TPSA) is 107 Å². The van der Waals surface area contributed by atoms with Crippen molar-refractivity contribution in [2.45, 2.75) is 63.2 Å². The van der Waals surface area contributed by atoms with Gasteiger partial charge in [0.2, 0.25) is 11.8 Å². The van der Waals surface area contributed by atoms with Crippen molar-refractivity contribution in [2.24, 2.45) is 11.8 Å². The summed E-state index contributed by atoms with van der Waals surface area (Å²) in [6.07, 6.45) is 5.38. The molecule has 0 unspecified atom stereocenters. The van der Waals surface area contributed by atoms with E-state index in [0.29, 0.717) is 32.4 Å². The predicted octanol–water partition coefficient (Wildman–Crippen LogP) is 1.03. The second-order valence-corrected chi connectivity index (χ2v) is 8.28. The Morgan fingerprint density at radius 3 is 2.76 bits per heavy atom. The molecule has 2 amide bonds. The van der Waals surface area contributed by atoms with Crippen LogP contribution in [-0.2, 0) is 19.1 Å². The van der Waals surface area contributed by atoms with Gasteiger partial charge in [0.25, 0.3) is 0 Å². The van der Waals surface area contributed by atoms with E-state index in [9.17, 15) is 24.6 Å². The molecular weight excluding hydrogens is 376 g/mol. The highest BCUT2D eigenvalue weighted by atomic mass is 16.5. The number of amides is 2. The zero-order valence-electron chi connectivity index (χ0n) is 17.1. The van der Waals surface area contributed by atoms with Gasteiger partial charge in [-0.3, -0.25) is 14.4 Å². The Kier molecular flexibility index (Phi) is 6.63. The third-order valence-corrected chi connectivity index (χ3v) is 6.57. The molecule has 162 valence electrons. The number of unbranched alkanes of at least 4 members (excludes halogenated alkanes) is 2. The number of nitrogens with zero attached hydrogens (tertiary/aromatic N) is 2. The van der Waals surface area contributed by atoms with Crippen LogP contribution in [0.15, 0.2) is 12.7 Å². The number of carboxylic acid groups (broad SMARTS) is 1. The van der Waals surface area contributed by atoms with E-state index >= 15 is 0 Å². The number of ether oxygens (including phenoxy) is 1. The summed E-state index contributed by atoms with van der Waals surface area (Å²) < 4.78 is 6.15. The molecule has 3 saturated heterocycles. The summed E-state index contributed by atoms with van der Waals surface area (Å²) in [5, 5.41) is 19.0. The molecular formula is C21H32N2O6. The number of carbonyl (C=O) groups excluding carboxylic acids is 2. The molecule has 0 radical (unpaired) electrons. The molecule has 2 bridgehead atoms. The quantitative estimate of drug-likeness (QED) is 0.391. The fourth-order valence-corrected chi connectivity index (χ4v) is 5.37. The lowest BCUT2D eigenvalue weighted by Crippen LogP contribution is -2.56. The molecule has 8 nitrogen and oxygen atoms in total. The minimum absolute atomic E-state index is 0.110. The molecule has 0 saturated carbocycles. The molecule has 0 aromatic heterocycles. The van der Waals surface area contributed by atoms with Crippen LogP contribution in [0.1, 0.15) is 45.4 Å². The smallest absolute Gasteiger partial charge is 0.310 e. The van der Waals surface area contributed by atoms with Crippen molar-refractivity contribution < 1.29 is 29.3 Å². The van der Waals surface area contributed by atoms with Crippen LogP contribution in [0.5, 0.6) is 0 Å². The maximum absolute atomic E-state index is 13.6. The lowest BCUT2D eigenvalue weighted by atomic mass is 9.70. The first kappa shape index (κ1) is 21.8. The molecule has 3 fully saturated rings. The SMILES string of the molecule is C=CCN(CCCCC)C(=O)[C@@H]1N(CCCO)C(=O)[C@H]2[C@H](C(=O)O)[C@@H]3CC[C@]12O3. The van der Waals surface area contributed by atoms with Crippen LogP contribution in [-0.4, -0.2) is 81.8 Å². The van der Waals surface area contributed by atoms with E-state index in [0.717, 1.165) is 19.3 Å². The molecule has 3 rings (SSSR count). The number of aliphatic hydroxyl groups is 1. The molecule has 5 atom stereocenters. The standard InChI is InChI=1S/C21H32N2O6/c1-3-5-6-11-22(10-4-2)19(26)17-21-9-8-14(29-21)15(20(27)28)16(21)18(25)23(17)12-7-13-24/h4,14-17,24H,2-3,5-13H2,1H3,(H,27,28)/t14-,15+,16+,17-,21+/m0/s1. The van der Waals surface area contributed by atoms with Crippen molar-refractivity contribution in [2.75, 3.05) is 26.2 Å². The van der Waals surface area contributed by atoms with Gasteiger partial charge in [0, 0.05) is 26.2 Å². The van der Waals surface area contributed by atoms with Gasteiger partial charge in [-0.15, -0.1) is 6.58 Å². The fraction of sp³-hybridized carbons (Fsp3) is 0.762. The van der Waals surface area contributed by atoms with E-state index < -0.39 is 35.6 Å². The second kappa shape index (κ2) is 8.83. The summed E-state index contributed by atoms with van der Waals surface area (Å²) in [5.74, 6) is -3.35. The van der Waals surface area contributed by atoms with Crippen LogP contribution < -0.4 is 0 Å². The maximum Gasteiger partial charge on any atom is 0.310 e. The minimum atomic E-state index is -1.08. The van der Waals surface area contributed by atoms with E-state index in [4.69, 9.17) is 4.74 Å². The van der Waals surface area contributed by atoms with Gasteiger partial charge >= 0.3 is 5.97 Å². The summed E-state index contributed by atoms with van der Waals surface area (Å²) in [6, 6.07) is -0.845. The van der Waals surface area contributed by atoms with E-state index in [2.05, 4.69) is 13.5 Å². The molecule has 3 heterocycles. The summed E-state index contributed by atoms with van der Waals surface area (Å²) in [5.41, 5.74) is -1.08. The third-order valence-electron chi connectivity index (χ3n) is 6.57. The Bertz CT molecular complexity index is 668. The van der Waals surface area contributed by atoms with Crippen molar-refractivity contribution in [1.29, 1.82) is 0 Å². The first-order valence-electron chi connectivity index (χ1n) is 10.6. The van der Waals surface area contributed by atoms with Crippen molar-refractivity contribution in [3.8, 4) is 0 Å². The van der Waals surface area contributed by atoms with Crippen LogP contribution in [0.25, 0.3) is 0 Å². The number of fused-ring (bicyclic) bond motifs is 1. The number of carbonyl (C=O) groups is 3. The van der Waals surface area contributed by atoms with E-state index in [1.165, 1.54) is 4.90 Å². The lowest BCUT2D eigenvalue weighted by Gasteiger charge is -2.36. The molecule has 1 spiro atoms. The lowest BCUT2D eigenvalue weighted by molar-refractivity contribution is -0.151. The molecule has 29 heavy (non-hydrogen) atoms. The van der Waals surface area contributed by atoms with Gasteiger partial charge < -0.3 is 24.7 Å². The maximum atomic E-state index is 13.6. The van der Waals surface area contributed by atoms with Gasteiger partial charge in [-0.2, -0.15) is 0 Å². The molecule has 0 aliphatic carbocycles. The van der Waals surface area contributed by atoms with E-state index in [1.807, 2.05) is 0 Å². The fourth-order valence-electron chi connectivity index (χ4n) is 5.37. The molecule has 2 N–H and O–H groups in total. The Labute approximate surface area is 171 Å². The number of aliphatic hydroxyl groups excluding tert-OH is 1. The van der Waals surface area contributed by atoms with Crippen molar-refractivity contribution in [1.82, 2.24) is 9.80 Å². The summed E-state index contributed by atoms with van der Waals surface area (Å²) in [4.78, 5) is 42.0. The Hall–Kier alpha value is -1.93. The van der Waals surface area contributed by atoms with Gasteiger partial charge in [-0.05, 0) is 25.7 Å². The highest BCUT2D eigenvalue weighted by molar-refractivity contribution is 5.98. The first-order valence-corrected chi connectivity index (χ1v) is 10.6. The molecule has 8 heteroatoms. The average Bonchev–Trinajstić information content (AvgIpc) is 3.33. The highest BCUT2D eigenvalue weighted by Crippen LogP contribution is 2.58. The first-order chi connectivity index (χ1) is 13.9. The van der Waals surface area contributed by atoms with E-state index in [1.54, 1.807) is 11.0 Å². The van der Waals surface area contributed by atoms with E-state index in [-0.39, 0.29) is 25.0 Å². The Morgan fingerprint density at radius 2 is 2.14 bits per heavy atom. The summed E-state index contributed by atoms with van der Waals surface area (Å²) in [6.45, 7) is 6.87. The second-order valence-electron chi connectivity index (χ2n) is 8.28. The molecule has 3 aliphatic heterocycles. The Morgan fingerprint density at radius 1 is 1.38 bits per heavy atom. The Balaban J connectivity index is 1.94. The number of hydrogen-bond acceptors (Lipinski definition) is 5. The number of aliphatic carboxylic acids is 1. The van der Waals surface area contributed by atoms with Crippen LogP contribution in [0.2, 0.25) is 0 Å². The molecule has 3 aliphatic rings. The zero-order chi connectivity index (χ0) is 21.2. The van der Waals surface area contributed by atoms with Crippen molar-refractivity contribution in [3.05, 3.63) is 12.7 Å². The number of likely N-dealkylation sites (tertiary alicyclic amines) is 1. The summed E-state index contributed by atoms with van der Waals surface area (Å²) >= 11 is 0. The number of rotatable bonds is 11. The minimum Gasteiger partial charge on any atom is -0.481 e. The molecule has 0 aromatic rings. The monoisotopic (exact) mass is 408 g/mol. The zero-order valence-corrected chi connectivity index (χ0v) is 17.1. The van der Waals surface area contributed by atoms with Crippen LogP contribution in [0.4, 0.5) is 0 Å². The van der Waals surface area contributed by atoms with Gasteiger partial charge in [-0.1, -0.05) is 25.8 Å². The third kappa shape index (κ3) is 3.57. The normalized spacial score (nSPS) is 32.5. The van der Waals surface area contributed by atoms with Crippen molar-refractivity contribution >= 4 is 17.8 Å². The highest BCUT2D eigenvalue weighted by Gasteiger charge is 2.74. The predicted molar refractivity (Wildman–Crippen MR) is 105 cm³/mol. The van der Waals surface area contributed by atoms with Crippen LogP contribution in [0.3, 0.4) is 0 Å². The number of hydrogen-bond donors (Lipinski definition) is 2. The molecule has 0 aromatic carbocycles. The number of carboxylic acids is 1. The van der Waals surface area contributed by atoms with Gasteiger partial charge in [0.15, 0.2) is 0 Å². The van der Waals surface area contributed by atoms with Crippen LogP contribution >= 0.6 is 0 Å². The largest absolute Gasteiger partial charge is 0.481 e. The summed E-state index contributed by atoms with van der Waals surface area (Å²) in [7, 11) is 0. The van der Waals surface area contributed by atoms with Crippen molar-refractivity contribution in [3.63, 3.8) is 0 Å². The van der Waals surface area contributed by atoms with Crippen LogP contribution in [0, 0.1) is 11.8 Å². The van der Waals surface area contributed by atoms with Gasteiger partial charge in [0.05, 0.1) is 17.9 Å². The van der Waals surface area contributed by atoms with Gasteiger partial charge in [-0.25, -0.2) is 0 Å².